The Bertz CT molecular complexity index is 879. The molecule has 1 aromatic carbocycles. The average molecular weight is 374 g/mol. The van der Waals surface area contributed by atoms with Crippen LogP contribution in [0.1, 0.15) is 33.3 Å². The van der Waals surface area contributed by atoms with Crippen LogP contribution in [0.3, 0.4) is 0 Å². The second kappa shape index (κ2) is 6.12. The highest BCUT2D eigenvalue weighted by Gasteiger charge is 2.14. The van der Waals surface area contributed by atoms with Gasteiger partial charge in [-0.2, -0.15) is 0 Å². The first kappa shape index (κ1) is 15.7. The Morgan fingerprint density at radius 3 is 2.57 bits per heavy atom. The Balaban J connectivity index is 1.79. The lowest BCUT2D eigenvalue weighted by molar-refractivity contribution is 0.0925. The van der Waals surface area contributed by atoms with Gasteiger partial charge in [0.25, 0.3) is 5.91 Å². The number of hydrogen-bond acceptors (Lipinski definition) is 4. The molecule has 0 saturated heterocycles. The second-order valence-electron chi connectivity index (χ2n) is 5.40. The summed E-state index contributed by atoms with van der Waals surface area (Å²) in [5.41, 5.74) is 3.37. The Morgan fingerprint density at radius 2 is 1.87 bits per heavy atom. The van der Waals surface area contributed by atoms with Gasteiger partial charge in [-0.1, -0.05) is 15.9 Å². The molecule has 118 valence electrons. The fraction of sp³-hybridized carbons (Fsp3) is 0.235. The quantitative estimate of drug-likeness (QED) is 0.757. The van der Waals surface area contributed by atoms with Gasteiger partial charge >= 0.3 is 0 Å². The molecule has 1 amide bonds. The van der Waals surface area contributed by atoms with E-state index in [1.54, 1.807) is 6.07 Å². The first-order valence-corrected chi connectivity index (χ1v) is 8.01. The van der Waals surface area contributed by atoms with E-state index in [1.807, 2.05) is 39.0 Å². The predicted octanol–water partition coefficient (Wildman–Crippen LogP) is 3.84. The van der Waals surface area contributed by atoms with Gasteiger partial charge in [-0.15, -0.1) is 0 Å². The van der Waals surface area contributed by atoms with E-state index in [-0.39, 0.29) is 5.91 Å². The normalized spacial score (nSPS) is 11.0. The van der Waals surface area contributed by atoms with Crippen molar-refractivity contribution in [2.45, 2.75) is 27.3 Å². The number of benzene rings is 1. The van der Waals surface area contributed by atoms with Crippen molar-refractivity contribution in [3.05, 3.63) is 57.3 Å². The average Bonchev–Trinajstić information content (AvgIpc) is 2.88. The van der Waals surface area contributed by atoms with Crippen molar-refractivity contribution in [1.29, 1.82) is 0 Å². The second-order valence-corrected chi connectivity index (χ2v) is 6.31. The largest absolute Gasteiger partial charge is 0.451 e. The van der Waals surface area contributed by atoms with Gasteiger partial charge in [0, 0.05) is 33.4 Å². The van der Waals surface area contributed by atoms with Crippen molar-refractivity contribution in [3.63, 3.8) is 0 Å². The number of fused-ring (bicyclic) bond motifs is 1. The van der Waals surface area contributed by atoms with Gasteiger partial charge in [0.1, 0.15) is 11.4 Å². The molecule has 6 heteroatoms. The number of aromatic nitrogens is 2. The molecule has 0 aliphatic rings. The molecule has 0 atom stereocenters. The molecule has 0 unspecified atom stereocenters. The number of carbonyl (C=O) groups is 1. The number of carbonyl (C=O) groups excluding carboxylic acids is 1. The van der Waals surface area contributed by atoms with Gasteiger partial charge in [0.2, 0.25) is 0 Å². The standard InChI is InChI=1S/C17H16BrN3O2/c1-9-14(10(2)21-11(3)20-9)8-19-17(22)16-6-12-4-5-13(18)7-15(12)23-16/h4-7H,8H2,1-3H3,(H,19,22). The highest BCUT2D eigenvalue weighted by atomic mass is 79.9. The van der Waals surface area contributed by atoms with Crippen LogP contribution in [0.5, 0.6) is 0 Å². The van der Waals surface area contributed by atoms with Crippen LogP contribution >= 0.6 is 15.9 Å². The number of amides is 1. The summed E-state index contributed by atoms with van der Waals surface area (Å²) in [6.07, 6.45) is 0. The summed E-state index contributed by atoms with van der Waals surface area (Å²) in [6, 6.07) is 7.40. The van der Waals surface area contributed by atoms with E-state index in [2.05, 4.69) is 31.2 Å². The number of halogens is 1. The van der Waals surface area contributed by atoms with Crippen LogP contribution in [-0.2, 0) is 6.54 Å². The summed E-state index contributed by atoms with van der Waals surface area (Å²) >= 11 is 3.39. The number of hydrogen-bond donors (Lipinski definition) is 1. The summed E-state index contributed by atoms with van der Waals surface area (Å²) in [4.78, 5) is 21.0. The molecule has 3 rings (SSSR count). The maximum absolute atomic E-state index is 12.3. The first-order chi connectivity index (χ1) is 10.9. The molecule has 3 aromatic rings. The van der Waals surface area contributed by atoms with Crippen LogP contribution in [0.4, 0.5) is 0 Å². The Kier molecular flexibility index (Phi) is 4.17. The summed E-state index contributed by atoms with van der Waals surface area (Å²) in [6.45, 7) is 6.07. The zero-order chi connectivity index (χ0) is 16.6. The van der Waals surface area contributed by atoms with Gasteiger partial charge in [-0.3, -0.25) is 4.79 Å². The van der Waals surface area contributed by atoms with E-state index < -0.39 is 0 Å². The van der Waals surface area contributed by atoms with E-state index in [0.29, 0.717) is 17.9 Å². The van der Waals surface area contributed by atoms with E-state index in [4.69, 9.17) is 4.42 Å². The fourth-order valence-electron chi connectivity index (χ4n) is 2.54. The number of aryl methyl sites for hydroxylation is 3. The summed E-state index contributed by atoms with van der Waals surface area (Å²) in [5, 5.41) is 3.76. The van der Waals surface area contributed by atoms with Crippen LogP contribution in [0.2, 0.25) is 0 Å². The molecular formula is C17H16BrN3O2. The molecule has 0 aliphatic carbocycles. The number of rotatable bonds is 3. The summed E-state index contributed by atoms with van der Waals surface area (Å²) < 4.78 is 6.52. The molecule has 0 spiro atoms. The van der Waals surface area contributed by atoms with Crippen LogP contribution in [0.15, 0.2) is 33.2 Å². The highest BCUT2D eigenvalue weighted by molar-refractivity contribution is 9.10. The summed E-state index contributed by atoms with van der Waals surface area (Å²) in [7, 11) is 0. The smallest absolute Gasteiger partial charge is 0.287 e. The molecule has 0 radical (unpaired) electrons. The predicted molar refractivity (Wildman–Crippen MR) is 91.3 cm³/mol. The molecule has 23 heavy (non-hydrogen) atoms. The van der Waals surface area contributed by atoms with E-state index in [0.717, 1.165) is 32.6 Å². The van der Waals surface area contributed by atoms with Crippen molar-refractivity contribution >= 4 is 32.8 Å². The molecule has 0 aliphatic heterocycles. The van der Waals surface area contributed by atoms with Gasteiger partial charge < -0.3 is 9.73 Å². The molecule has 2 heterocycles. The monoisotopic (exact) mass is 373 g/mol. The lowest BCUT2D eigenvalue weighted by Crippen LogP contribution is -2.23. The molecule has 1 N–H and O–H groups in total. The van der Waals surface area contributed by atoms with Gasteiger partial charge in [-0.25, -0.2) is 9.97 Å². The lowest BCUT2D eigenvalue weighted by Gasteiger charge is -2.10. The third-order valence-corrected chi connectivity index (χ3v) is 4.16. The molecule has 0 bridgehead atoms. The zero-order valence-corrected chi connectivity index (χ0v) is 14.7. The van der Waals surface area contributed by atoms with Gasteiger partial charge in [0.15, 0.2) is 5.76 Å². The molecule has 0 saturated carbocycles. The van der Waals surface area contributed by atoms with Crippen molar-refractivity contribution in [2.75, 3.05) is 0 Å². The minimum Gasteiger partial charge on any atom is -0.451 e. The summed E-state index contributed by atoms with van der Waals surface area (Å²) in [5.74, 6) is 0.774. The number of nitrogens with one attached hydrogen (secondary N) is 1. The minimum atomic E-state index is -0.253. The SMILES string of the molecule is Cc1nc(C)c(CNC(=O)c2cc3ccc(Br)cc3o2)c(C)n1. The first-order valence-electron chi connectivity index (χ1n) is 7.22. The highest BCUT2D eigenvalue weighted by Crippen LogP contribution is 2.23. The molecule has 0 fully saturated rings. The molecular weight excluding hydrogens is 358 g/mol. The Morgan fingerprint density at radius 1 is 1.17 bits per heavy atom. The minimum absolute atomic E-state index is 0.253. The van der Waals surface area contributed by atoms with E-state index >= 15 is 0 Å². The van der Waals surface area contributed by atoms with Crippen LogP contribution in [0, 0.1) is 20.8 Å². The Hall–Kier alpha value is -2.21. The van der Waals surface area contributed by atoms with Crippen LogP contribution in [-0.4, -0.2) is 15.9 Å². The maximum atomic E-state index is 12.3. The Labute approximate surface area is 142 Å². The fourth-order valence-corrected chi connectivity index (χ4v) is 2.88. The van der Waals surface area contributed by atoms with Crippen LogP contribution in [0.25, 0.3) is 11.0 Å². The van der Waals surface area contributed by atoms with E-state index in [1.165, 1.54) is 0 Å². The maximum Gasteiger partial charge on any atom is 0.287 e. The third kappa shape index (κ3) is 3.27. The third-order valence-electron chi connectivity index (χ3n) is 3.66. The number of nitrogens with zero attached hydrogens (tertiary/aromatic N) is 2. The van der Waals surface area contributed by atoms with Crippen molar-refractivity contribution in [3.8, 4) is 0 Å². The van der Waals surface area contributed by atoms with Crippen molar-refractivity contribution in [2.24, 2.45) is 0 Å². The topological polar surface area (TPSA) is 68.0 Å². The zero-order valence-electron chi connectivity index (χ0n) is 13.1. The van der Waals surface area contributed by atoms with E-state index in [9.17, 15) is 4.79 Å². The van der Waals surface area contributed by atoms with Crippen molar-refractivity contribution < 1.29 is 9.21 Å². The molecule has 2 aromatic heterocycles. The lowest BCUT2D eigenvalue weighted by atomic mass is 10.1. The van der Waals surface area contributed by atoms with Crippen molar-refractivity contribution in [1.82, 2.24) is 15.3 Å². The van der Waals surface area contributed by atoms with Gasteiger partial charge in [-0.05, 0) is 45.0 Å². The van der Waals surface area contributed by atoms with Gasteiger partial charge in [0.05, 0.1) is 0 Å². The molecule has 5 nitrogen and oxygen atoms in total. The van der Waals surface area contributed by atoms with Crippen LogP contribution < -0.4 is 5.32 Å². The number of furan rings is 1.